The summed E-state index contributed by atoms with van der Waals surface area (Å²) in [5, 5.41) is 0. The summed E-state index contributed by atoms with van der Waals surface area (Å²) < 4.78 is 26.0. The first-order chi connectivity index (χ1) is 4.71. The fourth-order valence-corrected chi connectivity index (χ4v) is 0.723. The summed E-state index contributed by atoms with van der Waals surface area (Å²) in [6.45, 7) is 0.344. The third kappa shape index (κ3) is 10.0. The van der Waals surface area contributed by atoms with Gasteiger partial charge in [-0.15, -0.1) is 0 Å². The molecule has 0 aliphatic heterocycles. The summed E-state index contributed by atoms with van der Waals surface area (Å²) >= 11 is 0. The van der Waals surface area contributed by atoms with E-state index in [0.717, 1.165) is 0 Å². The molecule has 6 heteroatoms. The first kappa shape index (κ1) is 11.0. The Labute approximate surface area is 65.8 Å². The molecule has 11 heavy (non-hydrogen) atoms. The summed E-state index contributed by atoms with van der Waals surface area (Å²) in [6, 6.07) is 0. The number of likely N-dealkylation sites (N-methyl/N-ethyl adjacent to an activating group) is 1. The third-order valence-electron chi connectivity index (χ3n) is 1.01. The predicted molar refractivity (Wildman–Crippen MR) is 37.6 cm³/mol. The van der Waals surface area contributed by atoms with Gasteiger partial charge in [-0.2, -0.15) is 4.20 Å². The van der Waals surface area contributed by atoms with Crippen LogP contribution in [0.3, 0.4) is 0 Å². The van der Waals surface area contributed by atoms with Crippen LogP contribution in [0.4, 0.5) is 4.20 Å². The highest BCUT2D eigenvalue weighted by Crippen LogP contribution is 2.37. The molecule has 0 aromatic heterocycles. The van der Waals surface area contributed by atoms with Crippen molar-refractivity contribution in [3.05, 3.63) is 0 Å². The molecule has 4 nitrogen and oxygen atoms in total. The molecule has 68 valence electrons. The molecule has 0 spiro atoms. The van der Waals surface area contributed by atoms with Crippen molar-refractivity contribution in [2.75, 3.05) is 34.3 Å². The van der Waals surface area contributed by atoms with E-state index in [4.69, 9.17) is 0 Å². The SMILES string of the molecule is C[N+](C)(C)CCOP(=O)([O-])F. The van der Waals surface area contributed by atoms with Gasteiger partial charge in [0.15, 0.2) is 0 Å². The topological polar surface area (TPSA) is 49.4 Å². The maximum Gasteiger partial charge on any atom is 0.308 e. The minimum Gasteiger partial charge on any atom is -0.753 e. The maximum absolute atomic E-state index is 11.7. The highest BCUT2D eigenvalue weighted by atomic mass is 31.2. The highest BCUT2D eigenvalue weighted by Gasteiger charge is 2.10. The smallest absolute Gasteiger partial charge is 0.308 e. The van der Waals surface area contributed by atoms with Crippen LogP contribution in [-0.4, -0.2) is 38.8 Å². The van der Waals surface area contributed by atoms with Gasteiger partial charge >= 0.3 is 7.91 Å². The van der Waals surface area contributed by atoms with Crippen molar-refractivity contribution < 1.29 is 22.7 Å². The molecule has 0 radical (unpaired) electrons. The number of hydrogen-bond acceptors (Lipinski definition) is 3. The highest BCUT2D eigenvalue weighted by molar-refractivity contribution is 7.45. The molecule has 0 aromatic rings. The van der Waals surface area contributed by atoms with E-state index in [1.54, 1.807) is 0 Å². The molecule has 1 atom stereocenters. The predicted octanol–water partition coefficient (Wildman–Crippen LogP) is 0.147. The van der Waals surface area contributed by atoms with E-state index in [-0.39, 0.29) is 6.61 Å². The van der Waals surface area contributed by atoms with Gasteiger partial charge in [0, 0.05) is 0 Å². The zero-order chi connectivity index (χ0) is 9.12. The number of rotatable bonds is 4. The van der Waals surface area contributed by atoms with Crippen LogP contribution in [0.1, 0.15) is 0 Å². The van der Waals surface area contributed by atoms with Gasteiger partial charge in [-0.3, -0.25) is 4.57 Å². The van der Waals surface area contributed by atoms with E-state index in [9.17, 15) is 13.7 Å². The Balaban J connectivity index is 3.52. The largest absolute Gasteiger partial charge is 0.753 e. The molecule has 0 bridgehead atoms. The van der Waals surface area contributed by atoms with Gasteiger partial charge in [0.2, 0.25) is 0 Å². The van der Waals surface area contributed by atoms with Crippen molar-refractivity contribution in [3.8, 4) is 0 Å². The van der Waals surface area contributed by atoms with Crippen molar-refractivity contribution in [2.24, 2.45) is 0 Å². The second-order valence-electron chi connectivity index (χ2n) is 3.28. The molecule has 0 saturated carbocycles. The van der Waals surface area contributed by atoms with Crippen LogP contribution in [0.5, 0.6) is 0 Å². The monoisotopic (exact) mass is 185 g/mol. The Hall–Kier alpha value is 0.0400. The zero-order valence-corrected chi connectivity index (χ0v) is 7.81. The van der Waals surface area contributed by atoms with Crippen LogP contribution in [0.2, 0.25) is 0 Å². The zero-order valence-electron chi connectivity index (χ0n) is 6.91. The first-order valence-electron chi connectivity index (χ1n) is 3.16. The van der Waals surface area contributed by atoms with Crippen LogP contribution in [0.25, 0.3) is 0 Å². The number of hydrogen-bond donors (Lipinski definition) is 0. The van der Waals surface area contributed by atoms with Gasteiger partial charge < -0.3 is 13.9 Å². The lowest BCUT2D eigenvalue weighted by molar-refractivity contribution is -0.870. The fourth-order valence-electron chi connectivity index (χ4n) is 0.424. The summed E-state index contributed by atoms with van der Waals surface area (Å²) in [5.41, 5.74) is 0. The van der Waals surface area contributed by atoms with E-state index in [0.29, 0.717) is 11.0 Å². The first-order valence-corrected chi connectivity index (χ1v) is 4.60. The maximum atomic E-state index is 11.7. The molecule has 0 amide bonds. The van der Waals surface area contributed by atoms with Crippen molar-refractivity contribution in [1.82, 2.24) is 0 Å². The number of quaternary nitrogens is 1. The summed E-state index contributed by atoms with van der Waals surface area (Å²) in [4.78, 5) is 9.85. The van der Waals surface area contributed by atoms with Crippen molar-refractivity contribution in [1.29, 1.82) is 0 Å². The van der Waals surface area contributed by atoms with Gasteiger partial charge in [-0.25, -0.2) is 0 Å². The Bertz CT molecular complexity index is 162. The van der Waals surface area contributed by atoms with E-state index in [1.807, 2.05) is 21.1 Å². The van der Waals surface area contributed by atoms with Crippen molar-refractivity contribution >= 4 is 7.91 Å². The van der Waals surface area contributed by atoms with Crippen molar-refractivity contribution in [2.45, 2.75) is 0 Å². The van der Waals surface area contributed by atoms with Crippen LogP contribution in [-0.2, 0) is 9.09 Å². The number of nitrogens with zero attached hydrogens (tertiary/aromatic N) is 1. The quantitative estimate of drug-likeness (QED) is 0.462. The Morgan fingerprint density at radius 2 is 2.00 bits per heavy atom. The summed E-state index contributed by atoms with van der Waals surface area (Å²) in [7, 11) is 0.564. The third-order valence-corrected chi connectivity index (χ3v) is 1.50. The molecule has 0 aromatic carbocycles. The Morgan fingerprint density at radius 1 is 1.55 bits per heavy atom. The van der Waals surface area contributed by atoms with Crippen LogP contribution >= 0.6 is 7.91 Å². The molecule has 0 aliphatic carbocycles. The second kappa shape index (κ2) is 3.63. The van der Waals surface area contributed by atoms with E-state index >= 15 is 0 Å². The second-order valence-corrected chi connectivity index (χ2v) is 4.40. The Morgan fingerprint density at radius 3 is 2.27 bits per heavy atom. The lowest BCUT2D eigenvalue weighted by Gasteiger charge is -2.24. The Kier molecular flexibility index (Phi) is 3.64. The molecule has 0 rings (SSSR count). The lowest BCUT2D eigenvalue weighted by atomic mass is 10.5. The van der Waals surface area contributed by atoms with Crippen LogP contribution in [0, 0.1) is 0 Å². The molecule has 0 aliphatic rings. The van der Waals surface area contributed by atoms with Gasteiger partial charge in [0.1, 0.15) is 13.2 Å². The normalized spacial score (nSPS) is 17.9. The fraction of sp³-hybridized carbons (Fsp3) is 1.00. The molecular formula is C5H13FNO3P. The molecule has 0 saturated heterocycles. The summed E-state index contributed by atoms with van der Waals surface area (Å²) in [6.07, 6.45) is 0. The van der Waals surface area contributed by atoms with E-state index in [1.165, 1.54) is 0 Å². The molecule has 0 fully saturated rings. The van der Waals surface area contributed by atoms with Gasteiger partial charge in [-0.1, -0.05) is 0 Å². The van der Waals surface area contributed by atoms with Crippen LogP contribution < -0.4 is 4.89 Å². The molecule has 0 heterocycles. The standard InChI is InChI=1S/C5H13FNO3P/c1-7(2,3)4-5-10-11(6,8)9/h4-5H2,1-3H3. The number of halogens is 1. The molecular weight excluding hydrogens is 172 g/mol. The van der Waals surface area contributed by atoms with Gasteiger partial charge in [0.05, 0.1) is 21.1 Å². The van der Waals surface area contributed by atoms with Crippen molar-refractivity contribution in [3.63, 3.8) is 0 Å². The average molecular weight is 185 g/mol. The van der Waals surface area contributed by atoms with Crippen LogP contribution in [0.15, 0.2) is 0 Å². The molecule has 0 N–H and O–H groups in total. The van der Waals surface area contributed by atoms with E-state index < -0.39 is 7.91 Å². The minimum absolute atomic E-state index is 0.110. The average Bonchev–Trinajstić information content (AvgIpc) is 1.55. The van der Waals surface area contributed by atoms with Gasteiger partial charge in [-0.05, 0) is 0 Å². The minimum atomic E-state index is -5.01. The molecule has 1 unspecified atom stereocenters. The lowest BCUT2D eigenvalue weighted by Crippen LogP contribution is -2.37. The van der Waals surface area contributed by atoms with E-state index in [2.05, 4.69) is 4.52 Å². The van der Waals surface area contributed by atoms with Gasteiger partial charge in [0.25, 0.3) is 0 Å². The summed E-state index contributed by atoms with van der Waals surface area (Å²) in [5.74, 6) is 0.